The second-order valence-corrected chi connectivity index (χ2v) is 6.99. The van der Waals surface area contributed by atoms with Crippen LogP contribution >= 0.6 is 0 Å². The van der Waals surface area contributed by atoms with Gasteiger partial charge in [0.05, 0.1) is 12.2 Å². The molecule has 1 N–H and O–H groups in total. The van der Waals surface area contributed by atoms with Gasteiger partial charge in [0.15, 0.2) is 0 Å². The number of ether oxygens (including phenoxy) is 1. The number of hydrogen-bond acceptors (Lipinski definition) is 3. The van der Waals surface area contributed by atoms with Crippen molar-refractivity contribution in [3.63, 3.8) is 0 Å². The van der Waals surface area contributed by atoms with Crippen molar-refractivity contribution in [2.24, 2.45) is 23.7 Å². The molecule has 1 saturated carbocycles. The van der Waals surface area contributed by atoms with Crippen molar-refractivity contribution in [1.29, 1.82) is 0 Å². The monoisotopic (exact) mass is 282 g/mol. The van der Waals surface area contributed by atoms with Crippen molar-refractivity contribution in [3.05, 3.63) is 11.6 Å². The zero-order chi connectivity index (χ0) is 15.5. The number of carbonyl (C=O) groups is 1. The molecule has 5 atom stereocenters. The molecular formula is C17H30O3. The maximum Gasteiger partial charge on any atom is 0.302 e. The van der Waals surface area contributed by atoms with Gasteiger partial charge in [0.25, 0.3) is 0 Å². The molecule has 0 aromatic carbocycles. The summed E-state index contributed by atoms with van der Waals surface area (Å²) >= 11 is 0. The summed E-state index contributed by atoms with van der Waals surface area (Å²) in [6.07, 6.45) is 4.09. The normalized spacial score (nSPS) is 37.4. The third kappa shape index (κ3) is 4.34. The average Bonchev–Trinajstić information content (AvgIpc) is 2.25. The minimum Gasteiger partial charge on any atom is -0.465 e. The van der Waals surface area contributed by atoms with E-state index in [4.69, 9.17) is 4.74 Å². The smallest absolute Gasteiger partial charge is 0.302 e. The average molecular weight is 282 g/mol. The van der Waals surface area contributed by atoms with Gasteiger partial charge in [-0.05, 0) is 51.4 Å². The second-order valence-electron chi connectivity index (χ2n) is 6.99. The Morgan fingerprint density at radius 1 is 1.35 bits per heavy atom. The number of aliphatic hydroxyl groups is 1. The van der Waals surface area contributed by atoms with Crippen LogP contribution in [0.4, 0.5) is 0 Å². The highest BCUT2D eigenvalue weighted by atomic mass is 16.5. The van der Waals surface area contributed by atoms with E-state index in [9.17, 15) is 9.90 Å². The van der Waals surface area contributed by atoms with Crippen molar-refractivity contribution < 1.29 is 14.6 Å². The maximum atomic E-state index is 11.1. The van der Waals surface area contributed by atoms with Crippen LogP contribution in [0.3, 0.4) is 0 Å². The third-order valence-electron chi connectivity index (χ3n) is 4.84. The fourth-order valence-electron chi connectivity index (χ4n) is 3.69. The van der Waals surface area contributed by atoms with Gasteiger partial charge >= 0.3 is 5.97 Å². The van der Waals surface area contributed by atoms with Crippen molar-refractivity contribution >= 4 is 5.97 Å². The standard InChI is InChI=1S/C17H30O3/c1-11(2)7-8-15-12(3)9-17(6,19)16(13(15)4)10-20-14(5)18/h7,12-13,15-16,19H,8-10H2,1-6H3/t12?,13?,15?,16-,17?/m0/s1. The summed E-state index contributed by atoms with van der Waals surface area (Å²) in [6.45, 7) is 12.3. The molecule has 0 aromatic heterocycles. The van der Waals surface area contributed by atoms with Crippen molar-refractivity contribution in [2.45, 2.75) is 60.0 Å². The highest BCUT2D eigenvalue weighted by Gasteiger charge is 2.46. The Bertz CT molecular complexity index is 366. The summed E-state index contributed by atoms with van der Waals surface area (Å²) in [5, 5.41) is 10.7. The molecule has 0 saturated heterocycles. The summed E-state index contributed by atoms with van der Waals surface area (Å²) in [7, 11) is 0. The maximum absolute atomic E-state index is 11.1. The van der Waals surface area contributed by atoms with E-state index in [1.807, 2.05) is 6.92 Å². The van der Waals surface area contributed by atoms with Crippen LogP contribution < -0.4 is 0 Å². The number of rotatable bonds is 4. The van der Waals surface area contributed by atoms with E-state index in [-0.39, 0.29) is 11.9 Å². The Kier molecular flexibility index (Phi) is 5.81. The zero-order valence-electron chi connectivity index (χ0n) is 13.8. The molecule has 0 bridgehead atoms. The van der Waals surface area contributed by atoms with Gasteiger partial charge in [-0.25, -0.2) is 0 Å². The van der Waals surface area contributed by atoms with Gasteiger partial charge in [-0.15, -0.1) is 0 Å². The molecule has 1 fully saturated rings. The van der Waals surface area contributed by atoms with Crippen molar-refractivity contribution in [3.8, 4) is 0 Å². The summed E-state index contributed by atoms with van der Waals surface area (Å²) in [5.74, 6) is 1.09. The molecule has 0 aliphatic heterocycles. The second kappa shape index (κ2) is 6.75. The lowest BCUT2D eigenvalue weighted by Crippen LogP contribution is -2.50. The third-order valence-corrected chi connectivity index (χ3v) is 4.84. The van der Waals surface area contributed by atoms with Gasteiger partial charge in [-0.1, -0.05) is 25.5 Å². The lowest BCUT2D eigenvalue weighted by Gasteiger charge is -2.48. The Morgan fingerprint density at radius 2 is 1.95 bits per heavy atom. The van der Waals surface area contributed by atoms with E-state index in [1.165, 1.54) is 12.5 Å². The van der Waals surface area contributed by atoms with Gasteiger partial charge in [0, 0.05) is 12.8 Å². The Morgan fingerprint density at radius 3 is 2.45 bits per heavy atom. The van der Waals surface area contributed by atoms with Gasteiger partial charge in [0.2, 0.25) is 0 Å². The lowest BCUT2D eigenvalue weighted by atomic mass is 9.60. The summed E-state index contributed by atoms with van der Waals surface area (Å²) in [4.78, 5) is 11.1. The van der Waals surface area contributed by atoms with E-state index < -0.39 is 5.60 Å². The van der Waals surface area contributed by atoms with E-state index >= 15 is 0 Å². The largest absolute Gasteiger partial charge is 0.465 e. The predicted octanol–water partition coefficient (Wildman–Crippen LogP) is 3.57. The SMILES string of the molecule is CC(=O)OC[C@H]1C(C)C(CC=C(C)C)C(C)CC1(C)O. The fourth-order valence-corrected chi connectivity index (χ4v) is 3.69. The first-order chi connectivity index (χ1) is 9.15. The van der Waals surface area contributed by atoms with Crippen molar-refractivity contribution in [2.75, 3.05) is 6.61 Å². The number of allylic oxidation sites excluding steroid dienone is 2. The van der Waals surface area contributed by atoms with Crippen molar-refractivity contribution in [1.82, 2.24) is 0 Å². The number of carbonyl (C=O) groups excluding carboxylic acids is 1. The summed E-state index contributed by atoms with van der Waals surface area (Å²) in [5.41, 5.74) is 0.578. The Hall–Kier alpha value is -0.830. The molecule has 0 heterocycles. The molecule has 1 aliphatic carbocycles. The molecule has 0 radical (unpaired) electrons. The molecular weight excluding hydrogens is 252 g/mol. The Labute approximate surface area is 123 Å². The first-order valence-electron chi connectivity index (χ1n) is 7.64. The minimum atomic E-state index is -0.754. The summed E-state index contributed by atoms with van der Waals surface area (Å²) in [6, 6.07) is 0. The molecule has 20 heavy (non-hydrogen) atoms. The highest BCUT2D eigenvalue weighted by Crippen LogP contribution is 2.46. The van der Waals surface area contributed by atoms with E-state index in [2.05, 4.69) is 33.8 Å². The van der Waals surface area contributed by atoms with Crippen LogP contribution in [0, 0.1) is 23.7 Å². The predicted molar refractivity (Wildman–Crippen MR) is 81.2 cm³/mol. The van der Waals surface area contributed by atoms with Gasteiger partial charge < -0.3 is 9.84 Å². The zero-order valence-corrected chi connectivity index (χ0v) is 13.8. The molecule has 4 unspecified atom stereocenters. The van der Waals surface area contributed by atoms with Gasteiger partial charge in [-0.3, -0.25) is 4.79 Å². The van der Waals surface area contributed by atoms with Crippen LogP contribution in [0.1, 0.15) is 54.4 Å². The van der Waals surface area contributed by atoms with Crippen LogP contribution in [0.15, 0.2) is 11.6 Å². The Balaban J connectivity index is 2.84. The molecule has 1 rings (SSSR count). The minimum absolute atomic E-state index is 0.0122. The van der Waals surface area contributed by atoms with Gasteiger partial charge in [-0.2, -0.15) is 0 Å². The quantitative estimate of drug-likeness (QED) is 0.633. The number of hydrogen-bond donors (Lipinski definition) is 1. The van der Waals surface area contributed by atoms with E-state index in [1.54, 1.807) is 0 Å². The first-order valence-corrected chi connectivity index (χ1v) is 7.64. The summed E-state index contributed by atoms with van der Waals surface area (Å²) < 4.78 is 5.18. The first kappa shape index (κ1) is 17.2. The van der Waals surface area contributed by atoms with Crippen LogP contribution in [0.5, 0.6) is 0 Å². The van der Waals surface area contributed by atoms with Crippen LogP contribution in [0.2, 0.25) is 0 Å². The van der Waals surface area contributed by atoms with E-state index in [0.29, 0.717) is 24.4 Å². The molecule has 3 heteroatoms. The topological polar surface area (TPSA) is 46.5 Å². The molecule has 0 aromatic rings. The van der Waals surface area contributed by atoms with Crippen LogP contribution in [-0.2, 0) is 9.53 Å². The van der Waals surface area contributed by atoms with Gasteiger partial charge in [0.1, 0.15) is 0 Å². The molecule has 0 spiro atoms. The fraction of sp³-hybridized carbons (Fsp3) is 0.824. The highest BCUT2D eigenvalue weighted by molar-refractivity contribution is 5.65. The molecule has 116 valence electrons. The lowest BCUT2D eigenvalue weighted by molar-refractivity contribution is -0.154. The van der Waals surface area contributed by atoms with E-state index in [0.717, 1.165) is 12.8 Å². The molecule has 3 nitrogen and oxygen atoms in total. The molecule has 1 aliphatic rings. The molecule has 0 amide bonds. The van der Waals surface area contributed by atoms with Crippen LogP contribution in [0.25, 0.3) is 0 Å². The number of esters is 1. The van der Waals surface area contributed by atoms with Crippen LogP contribution in [-0.4, -0.2) is 23.3 Å².